The molecule has 2 rings (SSSR count). The molecule has 0 radical (unpaired) electrons. The Morgan fingerprint density at radius 2 is 2.07 bits per heavy atom. The van der Waals surface area contributed by atoms with Gasteiger partial charge in [-0.1, -0.05) is 12.8 Å². The van der Waals surface area contributed by atoms with Crippen LogP contribution in [0.2, 0.25) is 0 Å². The predicted octanol–water partition coefficient (Wildman–Crippen LogP) is 2.64. The van der Waals surface area contributed by atoms with E-state index < -0.39 is 0 Å². The van der Waals surface area contributed by atoms with E-state index in [-0.39, 0.29) is 11.7 Å². The summed E-state index contributed by atoms with van der Waals surface area (Å²) in [5, 5.41) is 9.21. The molecule has 1 saturated carbocycles. The highest BCUT2D eigenvalue weighted by molar-refractivity contribution is 4.92. The number of aliphatic hydroxyl groups is 1. The van der Waals surface area contributed by atoms with Crippen molar-refractivity contribution in [2.75, 3.05) is 0 Å². The number of rotatable bonds is 3. The number of hydrogen-bond acceptors (Lipinski definition) is 2. The summed E-state index contributed by atoms with van der Waals surface area (Å²) in [5.41, 5.74) is 0.267. The molecule has 2 unspecified atom stereocenters. The third-order valence-electron chi connectivity index (χ3n) is 3.76. The van der Waals surface area contributed by atoms with Crippen molar-refractivity contribution in [3.05, 3.63) is 0 Å². The minimum Gasteiger partial charge on any atom is -0.393 e. The molecule has 0 aromatic rings. The second-order valence-electron chi connectivity index (χ2n) is 5.10. The molecule has 1 aliphatic heterocycles. The minimum absolute atomic E-state index is 0.168. The van der Waals surface area contributed by atoms with Gasteiger partial charge in [0.1, 0.15) is 0 Å². The van der Waals surface area contributed by atoms with E-state index in [1.807, 2.05) is 6.92 Å². The Bertz CT molecular complexity index is 183. The van der Waals surface area contributed by atoms with Crippen molar-refractivity contribution < 1.29 is 9.84 Å². The van der Waals surface area contributed by atoms with Gasteiger partial charge < -0.3 is 9.84 Å². The van der Waals surface area contributed by atoms with Crippen LogP contribution in [0.15, 0.2) is 0 Å². The van der Waals surface area contributed by atoms with E-state index in [9.17, 15) is 5.11 Å². The maximum Gasteiger partial charge on any atom is 0.0687 e. The molecule has 1 N–H and O–H groups in total. The second-order valence-corrected chi connectivity index (χ2v) is 5.10. The number of ether oxygens (including phenoxy) is 1. The SMILES string of the molecule is CC(O)CCC1CCC2(CCCC2)O1. The lowest BCUT2D eigenvalue weighted by molar-refractivity contribution is -0.0423. The zero-order valence-corrected chi connectivity index (χ0v) is 9.17. The topological polar surface area (TPSA) is 29.5 Å². The van der Waals surface area contributed by atoms with Crippen LogP contribution < -0.4 is 0 Å². The molecule has 1 saturated heterocycles. The lowest BCUT2D eigenvalue weighted by Crippen LogP contribution is -2.25. The van der Waals surface area contributed by atoms with E-state index in [4.69, 9.17) is 4.74 Å². The van der Waals surface area contributed by atoms with Crippen molar-refractivity contribution in [2.24, 2.45) is 0 Å². The Balaban J connectivity index is 1.76. The van der Waals surface area contributed by atoms with Gasteiger partial charge in [0, 0.05) is 0 Å². The molecule has 0 bridgehead atoms. The molecule has 0 aromatic heterocycles. The third-order valence-corrected chi connectivity index (χ3v) is 3.76. The molecule has 2 nitrogen and oxygen atoms in total. The summed E-state index contributed by atoms with van der Waals surface area (Å²) in [6.07, 6.45) is 9.92. The minimum atomic E-state index is -0.168. The molecule has 0 aromatic carbocycles. The molecule has 1 heterocycles. The fourth-order valence-corrected chi connectivity index (χ4v) is 2.91. The van der Waals surface area contributed by atoms with Crippen LogP contribution in [-0.4, -0.2) is 22.9 Å². The average Bonchev–Trinajstić information content (AvgIpc) is 2.74. The van der Waals surface area contributed by atoms with Crippen LogP contribution in [-0.2, 0) is 4.74 Å². The monoisotopic (exact) mass is 198 g/mol. The first kappa shape index (κ1) is 10.4. The van der Waals surface area contributed by atoms with Crippen molar-refractivity contribution in [3.63, 3.8) is 0 Å². The molecular formula is C12H22O2. The van der Waals surface area contributed by atoms with E-state index in [1.54, 1.807) is 0 Å². The molecule has 2 atom stereocenters. The summed E-state index contributed by atoms with van der Waals surface area (Å²) < 4.78 is 6.15. The zero-order valence-electron chi connectivity index (χ0n) is 9.17. The number of aliphatic hydroxyl groups excluding tert-OH is 1. The van der Waals surface area contributed by atoms with E-state index in [2.05, 4.69) is 0 Å². The molecule has 2 aliphatic rings. The zero-order chi connectivity index (χ0) is 10.0. The third kappa shape index (κ3) is 2.29. The van der Waals surface area contributed by atoms with Crippen molar-refractivity contribution in [1.29, 1.82) is 0 Å². The van der Waals surface area contributed by atoms with Gasteiger partial charge >= 0.3 is 0 Å². The first-order valence-electron chi connectivity index (χ1n) is 6.06. The lowest BCUT2D eigenvalue weighted by atomic mass is 9.98. The highest BCUT2D eigenvalue weighted by Crippen LogP contribution is 2.44. The molecule has 2 heteroatoms. The van der Waals surface area contributed by atoms with E-state index in [0.717, 1.165) is 12.8 Å². The Labute approximate surface area is 86.6 Å². The molecule has 2 fully saturated rings. The summed E-state index contributed by atoms with van der Waals surface area (Å²) in [6, 6.07) is 0. The molecule has 0 amide bonds. The molecular weight excluding hydrogens is 176 g/mol. The fourth-order valence-electron chi connectivity index (χ4n) is 2.91. The maximum absolute atomic E-state index is 9.21. The standard InChI is InChI=1S/C12H22O2/c1-10(13)4-5-11-6-9-12(14-11)7-2-3-8-12/h10-11,13H,2-9H2,1H3. The quantitative estimate of drug-likeness (QED) is 0.755. The van der Waals surface area contributed by atoms with Crippen LogP contribution in [0.5, 0.6) is 0 Å². The van der Waals surface area contributed by atoms with Crippen LogP contribution in [0.4, 0.5) is 0 Å². The number of hydrogen-bond donors (Lipinski definition) is 1. The smallest absolute Gasteiger partial charge is 0.0687 e. The summed E-state index contributed by atoms with van der Waals surface area (Å²) in [5.74, 6) is 0. The highest BCUT2D eigenvalue weighted by atomic mass is 16.5. The molecule has 1 spiro atoms. The van der Waals surface area contributed by atoms with Crippen LogP contribution in [0.3, 0.4) is 0 Å². The van der Waals surface area contributed by atoms with Gasteiger partial charge in [-0.3, -0.25) is 0 Å². The van der Waals surface area contributed by atoms with Gasteiger partial charge in [-0.2, -0.15) is 0 Å². The van der Waals surface area contributed by atoms with E-state index in [0.29, 0.717) is 6.10 Å². The average molecular weight is 198 g/mol. The van der Waals surface area contributed by atoms with Crippen molar-refractivity contribution in [1.82, 2.24) is 0 Å². The summed E-state index contributed by atoms with van der Waals surface area (Å²) in [6.45, 7) is 1.86. The highest BCUT2D eigenvalue weighted by Gasteiger charge is 2.41. The Morgan fingerprint density at radius 3 is 2.71 bits per heavy atom. The summed E-state index contributed by atoms with van der Waals surface area (Å²) >= 11 is 0. The van der Waals surface area contributed by atoms with Gasteiger partial charge in [0.2, 0.25) is 0 Å². The molecule has 14 heavy (non-hydrogen) atoms. The second kappa shape index (κ2) is 4.19. The van der Waals surface area contributed by atoms with E-state index in [1.165, 1.54) is 38.5 Å². The van der Waals surface area contributed by atoms with Crippen molar-refractivity contribution in [3.8, 4) is 0 Å². The van der Waals surface area contributed by atoms with Crippen molar-refractivity contribution in [2.45, 2.75) is 76.1 Å². The van der Waals surface area contributed by atoms with Gasteiger partial charge in [-0.25, -0.2) is 0 Å². The van der Waals surface area contributed by atoms with Gasteiger partial charge in [-0.05, 0) is 45.4 Å². The van der Waals surface area contributed by atoms with E-state index >= 15 is 0 Å². The van der Waals surface area contributed by atoms with Gasteiger partial charge in [0.15, 0.2) is 0 Å². The Kier molecular flexibility index (Phi) is 3.13. The van der Waals surface area contributed by atoms with Crippen LogP contribution >= 0.6 is 0 Å². The first-order valence-corrected chi connectivity index (χ1v) is 6.06. The predicted molar refractivity (Wildman–Crippen MR) is 56.2 cm³/mol. The maximum atomic E-state index is 9.21. The largest absolute Gasteiger partial charge is 0.393 e. The fraction of sp³-hybridized carbons (Fsp3) is 1.00. The molecule has 82 valence electrons. The van der Waals surface area contributed by atoms with Gasteiger partial charge in [0.05, 0.1) is 17.8 Å². The summed E-state index contributed by atoms with van der Waals surface area (Å²) in [7, 11) is 0. The van der Waals surface area contributed by atoms with Gasteiger partial charge in [0.25, 0.3) is 0 Å². The van der Waals surface area contributed by atoms with Crippen LogP contribution in [0.25, 0.3) is 0 Å². The summed E-state index contributed by atoms with van der Waals surface area (Å²) in [4.78, 5) is 0. The van der Waals surface area contributed by atoms with Crippen molar-refractivity contribution >= 4 is 0 Å². The van der Waals surface area contributed by atoms with Crippen LogP contribution in [0.1, 0.15) is 58.3 Å². The molecule has 1 aliphatic carbocycles. The lowest BCUT2D eigenvalue weighted by Gasteiger charge is -2.23. The normalized spacial score (nSPS) is 32.6. The van der Waals surface area contributed by atoms with Crippen LogP contribution in [0, 0.1) is 0 Å². The van der Waals surface area contributed by atoms with Gasteiger partial charge in [-0.15, -0.1) is 0 Å². The first-order chi connectivity index (χ1) is 6.70. The Morgan fingerprint density at radius 1 is 1.36 bits per heavy atom. The Hall–Kier alpha value is -0.0800.